The summed E-state index contributed by atoms with van der Waals surface area (Å²) in [6.45, 7) is 4.85. The van der Waals surface area contributed by atoms with Gasteiger partial charge in [-0.1, -0.05) is 13.8 Å². The van der Waals surface area contributed by atoms with Crippen molar-refractivity contribution in [2.24, 2.45) is 5.92 Å². The molecule has 0 heterocycles. The molecule has 2 unspecified atom stereocenters. The molecule has 4 heteroatoms. The van der Waals surface area contributed by atoms with E-state index in [1.807, 2.05) is 35.0 Å². The predicted molar refractivity (Wildman–Crippen MR) is 61.4 cm³/mol. The van der Waals surface area contributed by atoms with Gasteiger partial charge >= 0.3 is 0 Å². The lowest BCUT2D eigenvalue weighted by Gasteiger charge is -2.27. The maximum absolute atomic E-state index is 11.4. The van der Waals surface area contributed by atoms with Crippen molar-refractivity contribution in [2.45, 2.75) is 26.4 Å². The zero-order valence-electron chi connectivity index (χ0n) is 10.6. The van der Waals surface area contributed by atoms with Crippen molar-refractivity contribution >= 4 is 5.91 Å². The number of nitrogens with one attached hydrogen (secondary N) is 1. The van der Waals surface area contributed by atoms with Gasteiger partial charge in [-0.2, -0.15) is 0 Å². The van der Waals surface area contributed by atoms with Crippen molar-refractivity contribution in [1.82, 2.24) is 5.32 Å². The molecule has 4 nitrogen and oxygen atoms in total. The molecule has 0 aromatic carbocycles. The van der Waals surface area contributed by atoms with E-state index in [-0.39, 0.29) is 11.8 Å². The smallest absolute Gasteiger partial charge is 0.222 e. The van der Waals surface area contributed by atoms with Crippen LogP contribution in [0.3, 0.4) is 0 Å². The standard InChI is InChI=1S/C11H24N2O2/c1-6-9(2)11(15)12-7-10(14)8-13(3,4)5/h9-10,14H,6-8H2,1-5H3/p+1. The summed E-state index contributed by atoms with van der Waals surface area (Å²) in [7, 11) is 6.04. The van der Waals surface area contributed by atoms with Crippen LogP contribution in [0.4, 0.5) is 0 Å². The number of aliphatic hydroxyl groups excluding tert-OH is 1. The van der Waals surface area contributed by atoms with Crippen LogP contribution in [0.5, 0.6) is 0 Å². The number of nitrogens with zero attached hydrogens (tertiary/aromatic N) is 1. The fourth-order valence-electron chi connectivity index (χ4n) is 1.27. The SMILES string of the molecule is CCC(C)C(=O)NCC(O)C[N+](C)(C)C. The van der Waals surface area contributed by atoms with E-state index in [2.05, 4.69) is 5.32 Å². The molecular weight excluding hydrogens is 192 g/mol. The first-order valence-electron chi connectivity index (χ1n) is 5.52. The molecule has 0 fully saturated rings. The number of rotatable bonds is 6. The molecule has 0 radical (unpaired) electrons. The van der Waals surface area contributed by atoms with Crippen molar-refractivity contribution in [1.29, 1.82) is 0 Å². The van der Waals surface area contributed by atoms with Crippen molar-refractivity contribution in [3.05, 3.63) is 0 Å². The van der Waals surface area contributed by atoms with Crippen LogP contribution in [-0.4, -0.2) is 55.8 Å². The van der Waals surface area contributed by atoms with Crippen molar-refractivity contribution in [2.75, 3.05) is 34.2 Å². The third-order valence-corrected chi connectivity index (χ3v) is 2.33. The van der Waals surface area contributed by atoms with Crippen LogP contribution in [0.1, 0.15) is 20.3 Å². The van der Waals surface area contributed by atoms with Gasteiger partial charge < -0.3 is 14.9 Å². The van der Waals surface area contributed by atoms with Gasteiger partial charge in [-0.25, -0.2) is 0 Å². The first-order chi connectivity index (χ1) is 6.76. The van der Waals surface area contributed by atoms with E-state index in [1.165, 1.54) is 0 Å². The van der Waals surface area contributed by atoms with Crippen LogP contribution in [0.2, 0.25) is 0 Å². The minimum absolute atomic E-state index is 0.0259. The Bertz CT molecular complexity index is 199. The zero-order chi connectivity index (χ0) is 12.1. The second-order valence-corrected chi connectivity index (χ2v) is 5.18. The first-order valence-corrected chi connectivity index (χ1v) is 5.52. The van der Waals surface area contributed by atoms with Crippen LogP contribution in [-0.2, 0) is 4.79 Å². The van der Waals surface area contributed by atoms with E-state index in [9.17, 15) is 9.90 Å². The summed E-state index contributed by atoms with van der Waals surface area (Å²) in [5.74, 6) is 0.0549. The molecule has 90 valence electrons. The summed E-state index contributed by atoms with van der Waals surface area (Å²) in [6, 6.07) is 0. The average Bonchev–Trinajstić information content (AvgIpc) is 2.10. The van der Waals surface area contributed by atoms with E-state index in [4.69, 9.17) is 0 Å². The quantitative estimate of drug-likeness (QED) is 0.625. The highest BCUT2D eigenvalue weighted by Gasteiger charge is 2.17. The maximum Gasteiger partial charge on any atom is 0.222 e. The second kappa shape index (κ2) is 6.08. The highest BCUT2D eigenvalue weighted by Crippen LogP contribution is 2.00. The van der Waals surface area contributed by atoms with Gasteiger partial charge in [-0.05, 0) is 6.42 Å². The Morgan fingerprint density at radius 3 is 2.33 bits per heavy atom. The molecule has 0 aliphatic carbocycles. The lowest BCUT2D eigenvalue weighted by Crippen LogP contribution is -2.46. The van der Waals surface area contributed by atoms with Gasteiger partial charge in [0, 0.05) is 12.5 Å². The number of aliphatic hydroxyl groups is 1. The molecule has 0 aliphatic heterocycles. The van der Waals surface area contributed by atoms with Crippen LogP contribution >= 0.6 is 0 Å². The summed E-state index contributed by atoms with van der Waals surface area (Å²) in [5.41, 5.74) is 0. The number of carbonyl (C=O) groups is 1. The Morgan fingerprint density at radius 2 is 1.93 bits per heavy atom. The average molecular weight is 217 g/mol. The van der Waals surface area contributed by atoms with Gasteiger partial charge in [-0.3, -0.25) is 4.79 Å². The molecule has 0 rings (SSSR count). The molecule has 0 bridgehead atoms. The van der Waals surface area contributed by atoms with Crippen molar-refractivity contribution in [3.63, 3.8) is 0 Å². The molecule has 0 aromatic rings. The Balaban J connectivity index is 3.81. The third kappa shape index (κ3) is 7.33. The fraction of sp³-hybridized carbons (Fsp3) is 0.909. The molecule has 0 spiro atoms. The van der Waals surface area contributed by atoms with E-state index in [0.29, 0.717) is 17.6 Å². The minimum atomic E-state index is -0.474. The maximum atomic E-state index is 11.4. The number of likely N-dealkylation sites (N-methyl/N-ethyl adjacent to an activating group) is 1. The lowest BCUT2D eigenvalue weighted by atomic mass is 10.1. The summed E-state index contributed by atoms with van der Waals surface area (Å²) < 4.78 is 0.695. The second-order valence-electron chi connectivity index (χ2n) is 5.18. The molecule has 0 saturated heterocycles. The van der Waals surface area contributed by atoms with Gasteiger partial charge in [0.05, 0.1) is 21.1 Å². The fourth-order valence-corrected chi connectivity index (χ4v) is 1.27. The number of amides is 1. The summed E-state index contributed by atoms with van der Waals surface area (Å²) in [4.78, 5) is 11.4. The molecule has 0 aliphatic rings. The topological polar surface area (TPSA) is 49.3 Å². The largest absolute Gasteiger partial charge is 0.385 e. The molecule has 0 aromatic heterocycles. The van der Waals surface area contributed by atoms with E-state index < -0.39 is 6.10 Å². The van der Waals surface area contributed by atoms with Crippen LogP contribution < -0.4 is 5.32 Å². The van der Waals surface area contributed by atoms with E-state index in [0.717, 1.165) is 6.42 Å². The summed E-state index contributed by atoms with van der Waals surface area (Å²) in [6.07, 6.45) is 0.357. The predicted octanol–water partition coefficient (Wildman–Crippen LogP) is 0.216. The van der Waals surface area contributed by atoms with Gasteiger partial charge in [-0.15, -0.1) is 0 Å². The normalized spacial score (nSPS) is 15.9. The Labute approximate surface area is 92.9 Å². The van der Waals surface area contributed by atoms with Crippen molar-refractivity contribution in [3.8, 4) is 0 Å². The number of hydrogen-bond donors (Lipinski definition) is 2. The number of carbonyl (C=O) groups excluding carboxylic acids is 1. The third-order valence-electron chi connectivity index (χ3n) is 2.33. The molecule has 2 N–H and O–H groups in total. The number of hydrogen-bond acceptors (Lipinski definition) is 2. The monoisotopic (exact) mass is 217 g/mol. The lowest BCUT2D eigenvalue weighted by molar-refractivity contribution is -0.873. The van der Waals surface area contributed by atoms with Gasteiger partial charge in [0.15, 0.2) is 0 Å². The van der Waals surface area contributed by atoms with Crippen LogP contribution in [0, 0.1) is 5.92 Å². The molecule has 2 atom stereocenters. The summed E-state index contributed by atoms with van der Waals surface area (Å²) in [5, 5.41) is 12.4. The molecule has 15 heavy (non-hydrogen) atoms. The Hall–Kier alpha value is -0.610. The number of quaternary nitrogens is 1. The van der Waals surface area contributed by atoms with Crippen molar-refractivity contribution < 1.29 is 14.4 Å². The van der Waals surface area contributed by atoms with E-state index >= 15 is 0 Å². The van der Waals surface area contributed by atoms with Gasteiger partial charge in [0.2, 0.25) is 5.91 Å². The summed E-state index contributed by atoms with van der Waals surface area (Å²) >= 11 is 0. The Morgan fingerprint density at radius 1 is 1.40 bits per heavy atom. The highest BCUT2D eigenvalue weighted by atomic mass is 16.3. The first kappa shape index (κ1) is 14.4. The minimum Gasteiger partial charge on any atom is -0.385 e. The zero-order valence-corrected chi connectivity index (χ0v) is 10.6. The highest BCUT2D eigenvalue weighted by molar-refractivity contribution is 5.78. The Kier molecular flexibility index (Phi) is 5.83. The molecule has 1 amide bonds. The molecule has 0 saturated carbocycles. The molecular formula is C11H25N2O2+. The van der Waals surface area contributed by atoms with Gasteiger partial charge in [0.25, 0.3) is 0 Å². The van der Waals surface area contributed by atoms with Crippen LogP contribution in [0.25, 0.3) is 0 Å². The van der Waals surface area contributed by atoms with E-state index in [1.54, 1.807) is 0 Å². The van der Waals surface area contributed by atoms with Crippen LogP contribution in [0.15, 0.2) is 0 Å². The van der Waals surface area contributed by atoms with Gasteiger partial charge in [0.1, 0.15) is 12.6 Å².